The Labute approximate surface area is 95.6 Å². The van der Waals surface area contributed by atoms with Crippen molar-refractivity contribution in [1.29, 1.82) is 0 Å². The third kappa shape index (κ3) is 2.57. The molecule has 0 aliphatic heterocycles. The molecule has 0 saturated carbocycles. The van der Waals surface area contributed by atoms with E-state index in [0.29, 0.717) is 5.75 Å². The summed E-state index contributed by atoms with van der Waals surface area (Å²) >= 11 is 3.26. The van der Waals surface area contributed by atoms with Crippen molar-refractivity contribution in [2.45, 2.75) is 0 Å². The van der Waals surface area contributed by atoms with Gasteiger partial charge in [0.15, 0.2) is 11.6 Å². The Kier molecular flexibility index (Phi) is 3.02. The molecule has 3 heteroatoms. The average Bonchev–Trinajstić information content (AvgIpc) is 2.25. The van der Waals surface area contributed by atoms with Crippen LogP contribution in [0.2, 0.25) is 0 Å². The summed E-state index contributed by atoms with van der Waals surface area (Å²) in [5.41, 5.74) is 0. The molecule has 0 aliphatic carbocycles. The van der Waals surface area contributed by atoms with Gasteiger partial charge in [-0.3, -0.25) is 0 Å². The highest BCUT2D eigenvalue weighted by molar-refractivity contribution is 9.10. The number of benzene rings is 2. The van der Waals surface area contributed by atoms with Crippen molar-refractivity contribution in [3.63, 3.8) is 0 Å². The first-order chi connectivity index (χ1) is 7.25. The summed E-state index contributed by atoms with van der Waals surface area (Å²) < 4.78 is 19.5. The van der Waals surface area contributed by atoms with Gasteiger partial charge in [-0.25, -0.2) is 4.39 Å². The van der Waals surface area contributed by atoms with Gasteiger partial charge in [0.1, 0.15) is 5.75 Å². The molecule has 0 aromatic heterocycles. The van der Waals surface area contributed by atoms with Gasteiger partial charge in [-0.15, -0.1) is 0 Å². The van der Waals surface area contributed by atoms with Crippen LogP contribution in [0.15, 0.2) is 53.0 Å². The van der Waals surface area contributed by atoms with Crippen LogP contribution in [0.3, 0.4) is 0 Å². The number of rotatable bonds is 2. The summed E-state index contributed by atoms with van der Waals surface area (Å²) in [4.78, 5) is 0. The molecule has 0 N–H and O–H groups in total. The average molecular weight is 267 g/mol. The van der Waals surface area contributed by atoms with Gasteiger partial charge < -0.3 is 4.74 Å². The van der Waals surface area contributed by atoms with Crippen LogP contribution in [0.25, 0.3) is 0 Å². The molecular weight excluding hydrogens is 259 g/mol. The summed E-state index contributed by atoms with van der Waals surface area (Å²) in [5, 5.41) is 0. The Morgan fingerprint density at radius 2 is 1.73 bits per heavy atom. The normalized spacial score (nSPS) is 10.0. The molecule has 0 bridgehead atoms. The van der Waals surface area contributed by atoms with E-state index in [2.05, 4.69) is 15.9 Å². The molecule has 76 valence electrons. The Balaban J connectivity index is 2.28. The smallest absolute Gasteiger partial charge is 0.165 e. The lowest BCUT2D eigenvalue weighted by molar-refractivity contribution is 0.442. The van der Waals surface area contributed by atoms with E-state index in [1.165, 1.54) is 6.07 Å². The quantitative estimate of drug-likeness (QED) is 0.784. The molecule has 1 nitrogen and oxygen atoms in total. The van der Waals surface area contributed by atoms with Crippen LogP contribution in [0, 0.1) is 5.82 Å². The van der Waals surface area contributed by atoms with Crippen molar-refractivity contribution in [1.82, 2.24) is 0 Å². The van der Waals surface area contributed by atoms with Crippen molar-refractivity contribution in [3.05, 3.63) is 58.8 Å². The highest BCUT2D eigenvalue weighted by atomic mass is 79.9. The van der Waals surface area contributed by atoms with E-state index in [4.69, 9.17) is 4.74 Å². The van der Waals surface area contributed by atoms with Crippen molar-refractivity contribution in [3.8, 4) is 11.5 Å². The van der Waals surface area contributed by atoms with Crippen LogP contribution >= 0.6 is 15.9 Å². The fourth-order valence-electron chi connectivity index (χ4n) is 1.17. The first-order valence-electron chi connectivity index (χ1n) is 4.43. The Morgan fingerprint density at radius 1 is 1.00 bits per heavy atom. The molecule has 0 radical (unpaired) electrons. The molecule has 0 spiro atoms. The van der Waals surface area contributed by atoms with Gasteiger partial charge in [0.2, 0.25) is 0 Å². The summed E-state index contributed by atoms with van der Waals surface area (Å²) in [7, 11) is 0. The van der Waals surface area contributed by atoms with Gasteiger partial charge in [0.05, 0.1) is 0 Å². The fourth-order valence-corrected chi connectivity index (χ4v) is 1.51. The minimum atomic E-state index is -0.373. The maximum absolute atomic E-state index is 13.3. The predicted molar refractivity (Wildman–Crippen MR) is 60.6 cm³/mol. The van der Waals surface area contributed by atoms with Crippen LogP contribution in [0.5, 0.6) is 11.5 Å². The predicted octanol–water partition coefficient (Wildman–Crippen LogP) is 4.38. The topological polar surface area (TPSA) is 9.23 Å². The van der Waals surface area contributed by atoms with E-state index < -0.39 is 0 Å². The van der Waals surface area contributed by atoms with E-state index in [1.807, 2.05) is 18.2 Å². The maximum atomic E-state index is 13.3. The van der Waals surface area contributed by atoms with Crippen molar-refractivity contribution < 1.29 is 9.13 Å². The number of hydrogen-bond donors (Lipinski definition) is 0. The Morgan fingerprint density at radius 3 is 2.47 bits per heavy atom. The Bertz CT molecular complexity index is 456. The molecule has 0 unspecified atom stereocenters. The van der Waals surface area contributed by atoms with Crippen molar-refractivity contribution in [2.75, 3.05) is 0 Å². The highest BCUT2D eigenvalue weighted by Gasteiger charge is 2.04. The molecular formula is C12H8BrFO. The number of halogens is 2. The SMILES string of the molecule is Fc1ccc(Br)cc1Oc1ccccc1. The number of para-hydroxylation sites is 1. The zero-order valence-corrected chi connectivity index (χ0v) is 9.37. The largest absolute Gasteiger partial charge is 0.454 e. The second-order valence-corrected chi connectivity index (χ2v) is 3.91. The summed E-state index contributed by atoms with van der Waals surface area (Å²) in [5.74, 6) is 0.465. The molecule has 2 aromatic carbocycles. The molecule has 2 rings (SSSR count). The van der Waals surface area contributed by atoms with E-state index in [9.17, 15) is 4.39 Å². The summed E-state index contributed by atoms with van der Waals surface area (Å²) in [6.45, 7) is 0. The van der Waals surface area contributed by atoms with Crippen LogP contribution < -0.4 is 4.74 Å². The molecule has 15 heavy (non-hydrogen) atoms. The van der Waals surface area contributed by atoms with Gasteiger partial charge in [0, 0.05) is 4.47 Å². The second-order valence-electron chi connectivity index (χ2n) is 2.99. The molecule has 0 atom stereocenters. The van der Waals surface area contributed by atoms with E-state index >= 15 is 0 Å². The third-order valence-electron chi connectivity index (χ3n) is 1.86. The van der Waals surface area contributed by atoms with Gasteiger partial charge in [-0.05, 0) is 30.3 Å². The summed E-state index contributed by atoms with van der Waals surface area (Å²) in [6.07, 6.45) is 0. The lowest BCUT2D eigenvalue weighted by Crippen LogP contribution is -1.87. The minimum Gasteiger partial charge on any atom is -0.454 e. The lowest BCUT2D eigenvalue weighted by Gasteiger charge is -2.06. The molecule has 0 fully saturated rings. The second kappa shape index (κ2) is 4.45. The Hall–Kier alpha value is -1.35. The van der Waals surface area contributed by atoms with Crippen molar-refractivity contribution in [2.24, 2.45) is 0 Å². The zero-order chi connectivity index (χ0) is 10.7. The zero-order valence-electron chi connectivity index (χ0n) is 7.78. The van der Waals surface area contributed by atoms with Gasteiger partial charge in [-0.1, -0.05) is 34.1 Å². The molecule has 0 aliphatic rings. The molecule has 0 amide bonds. The van der Waals surface area contributed by atoms with Crippen LogP contribution in [-0.4, -0.2) is 0 Å². The minimum absolute atomic E-state index is 0.218. The van der Waals surface area contributed by atoms with Crippen LogP contribution in [0.4, 0.5) is 4.39 Å². The van der Waals surface area contributed by atoms with Crippen LogP contribution in [0.1, 0.15) is 0 Å². The van der Waals surface area contributed by atoms with E-state index in [0.717, 1.165) is 4.47 Å². The first kappa shape index (κ1) is 10.2. The molecule has 2 aromatic rings. The molecule has 0 saturated heterocycles. The van der Waals surface area contributed by atoms with Gasteiger partial charge >= 0.3 is 0 Å². The van der Waals surface area contributed by atoms with E-state index in [-0.39, 0.29) is 11.6 Å². The van der Waals surface area contributed by atoms with E-state index in [1.54, 1.807) is 24.3 Å². The molecule has 0 heterocycles. The number of ether oxygens (including phenoxy) is 1. The third-order valence-corrected chi connectivity index (χ3v) is 2.36. The number of hydrogen-bond acceptors (Lipinski definition) is 1. The standard InChI is InChI=1S/C12H8BrFO/c13-9-6-7-11(14)12(8-9)15-10-4-2-1-3-5-10/h1-8H. The monoisotopic (exact) mass is 266 g/mol. The van der Waals surface area contributed by atoms with Gasteiger partial charge in [-0.2, -0.15) is 0 Å². The highest BCUT2D eigenvalue weighted by Crippen LogP contribution is 2.27. The van der Waals surface area contributed by atoms with Crippen LogP contribution in [-0.2, 0) is 0 Å². The summed E-state index contributed by atoms with van der Waals surface area (Å²) in [6, 6.07) is 13.7. The fraction of sp³-hybridized carbons (Fsp3) is 0. The first-order valence-corrected chi connectivity index (χ1v) is 5.23. The lowest BCUT2D eigenvalue weighted by atomic mass is 10.3. The van der Waals surface area contributed by atoms with Gasteiger partial charge in [0.25, 0.3) is 0 Å². The van der Waals surface area contributed by atoms with Crippen molar-refractivity contribution >= 4 is 15.9 Å². The maximum Gasteiger partial charge on any atom is 0.165 e.